The van der Waals surface area contributed by atoms with Gasteiger partial charge >= 0.3 is 0 Å². The van der Waals surface area contributed by atoms with Crippen molar-refractivity contribution < 1.29 is 14.4 Å². The molecular weight excluding hydrogens is 318 g/mol. The fraction of sp³-hybridized carbons (Fsp3) is 0.211. The molecule has 0 unspecified atom stereocenters. The molecule has 2 aromatic rings. The smallest absolute Gasteiger partial charge is 0.253 e. The Balaban J connectivity index is 1.98. The van der Waals surface area contributed by atoms with Gasteiger partial charge in [0.15, 0.2) is 0 Å². The topological polar surface area (TPSA) is 78.5 Å². The fourth-order valence-corrected chi connectivity index (χ4v) is 2.25. The summed E-state index contributed by atoms with van der Waals surface area (Å²) in [6.45, 7) is 1.76. The van der Waals surface area contributed by atoms with Gasteiger partial charge in [0.1, 0.15) is 0 Å². The lowest BCUT2D eigenvalue weighted by Gasteiger charge is -2.11. The average molecular weight is 339 g/mol. The predicted octanol–water partition coefficient (Wildman–Crippen LogP) is 2.28. The standard InChI is InChI=1S/C19H21N3O3/c1-13(23)21-17-6-4-5-16(11-17)18(24)20-12-14-7-9-15(10-8-14)19(25)22(2)3/h4-11H,12H2,1-3H3,(H,20,24)(H,21,23). The van der Waals surface area contributed by atoms with E-state index >= 15 is 0 Å². The third-order valence-electron chi connectivity index (χ3n) is 3.51. The summed E-state index contributed by atoms with van der Waals surface area (Å²) in [5.74, 6) is -0.490. The summed E-state index contributed by atoms with van der Waals surface area (Å²) in [7, 11) is 3.40. The summed E-state index contributed by atoms with van der Waals surface area (Å²) < 4.78 is 0. The normalized spacial score (nSPS) is 10.0. The van der Waals surface area contributed by atoms with Crippen LogP contribution in [0.3, 0.4) is 0 Å². The summed E-state index contributed by atoms with van der Waals surface area (Å²) in [4.78, 5) is 36.7. The van der Waals surface area contributed by atoms with Crippen molar-refractivity contribution in [3.05, 3.63) is 65.2 Å². The van der Waals surface area contributed by atoms with Gasteiger partial charge in [0.2, 0.25) is 5.91 Å². The Kier molecular flexibility index (Phi) is 5.89. The van der Waals surface area contributed by atoms with Crippen molar-refractivity contribution in [1.82, 2.24) is 10.2 Å². The fourth-order valence-electron chi connectivity index (χ4n) is 2.25. The van der Waals surface area contributed by atoms with Crippen molar-refractivity contribution in [1.29, 1.82) is 0 Å². The Labute approximate surface area is 146 Å². The summed E-state index contributed by atoms with van der Waals surface area (Å²) in [6, 6.07) is 13.8. The average Bonchev–Trinajstić information content (AvgIpc) is 2.59. The van der Waals surface area contributed by atoms with Crippen LogP contribution < -0.4 is 10.6 Å². The lowest BCUT2D eigenvalue weighted by Crippen LogP contribution is -2.23. The van der Waals surface area contributed by atoms with Crippen molar-refractivity contribution in [2.45, 2.75) is 13.5 Å². The third-order valence-corrected chi connectivity index (χ3v) is 3.51. The van der Waals surface area contributed by atoms with E-state index in [0.29, 0.717) is 23.4 Å². The molecule has 6 heteroatoms. The zero-order valence-electron chi connectivity index (χ0n) is 14.5. The number of nitrogens with one attached hydrogen (secondary N) is 2. The minimum absolute atomic E-state index is 0.0645. The minimum atomic E-state index is -0.236. The van der Waals surface area contributed by atoms with Gasteiger partial charge in [0.05, 0.1) is 0 Å². The van der Waals surface area contributed by atoms with E-state index in [2.05, 4.69) is 10.6 Å². The van der Waals surface area contributed by atoms with Crippen LogP contribution in [0.5, 0.6) is 0 Å². The first-order valence-electron chi connectivity index (χ1n) is 7.83. The van der Waals surface area contributed by atoms with Crippen molar-refractivity contribution in [2.75, 3.05) is 19.4 Å². The Hall–Kier alpha value is -3.15. The molecule has 0 spiro atoms. The van der Waals surface area contributed by atoms with Crippen LogP contribution in [0.25, 0.3) is 0 Å². The quantitative estimate of drug-likeness (QED) is 0.877. The Morgan fingerprint density at radius 1 is 0.960 bits per heavy atom. The van der Waals surface area contributed by atoms with Crippen LogP contribution >= 0.6 is 0 Å². The first kappa shape index (κ1) is 18.2. The molecule has 25 heavy (non-hydrogen) atoms. The van der Waals surface area contributed by atoms with E-state index in [9.17, 15) is 14.4 Å². The zero-order valence-corrected chi connectivity index (χ0v) is 14.5. The number of benzene rings is 2. The molecule has 0 aliphatic carbocycles. The zero-order chi connectivity index (χ0) is 18.4. The highest BCUT2D eigenvalue weighted by Gasteiger charge is 2.09. The van der Waals surface area contributed by atoms with E-state index in [1.165, 1.54) is 11.8 Å². The monoisotopic (exact) mass is 339 g/mol. The van der Waals surface area contributed by atoms with Gasteiger partial charge in [-0.2, -0.15) is 0 Å². The highest BCUT2D eigenvalue weighted by atomic mass is 16.2. The summed E-state index contributed by atoms with van der Waals surface area (Å²) in [5, 5.41) is 5.47. The molecule has 0 heterocycles. The molecule has 2 aromatic carbocycles. The molecule has 6 nitrogen and oxygen atoms in total. The number of amides is 3. The molecule has 2 rings (SSSR count). The van der Waals surface area contributed by atoms with Gasteiger partial charge in [-0.1, -0.05) is 18.2 Å². The third kappa shape index (κ3) is 5.17. The minimum Gasteiger partial charge on any atom is -0.348 e. The van der Waals surface area contributed by atoms with Crippen LogP contribution in [0.4, 0.5) is 5.69 Å². The lowest BCUT2D eigenvalue weighted by atomic mass is 10.1. The Morgan fingerprint density at radius 2 is 1.64 bits per heavy atom. The number of hydrogen-bond acceptors (Lipinski definition) is 3. The van der Waals surface area contributed by atoms with E-state index in [0.717, 1.165) is 5.56 Å². The highest BCUT2D eigenvalue weighted by Crippen LogP contribution is 2.11. The largest absolute Gasteiger partial charge is 0.348 e. The number of carbonyl (C=O) groups is 3. The van der Waals surface area contributed by atoms with Crippen LogP contribution in [0.15, 0.2) is 48.5 Å². The van der Waals surface area contributed by atoms with Crippen molar-refractivity contribution in [3.63, 3.8) is 0 Å². The Bertz CT molecular complexity index is 783. The maximum atomic E-state index is 12.2. The van der Waals surface area contributed by atoms with E-state index in [-0.39, 0.29) is 17.7 Å². The molecular formula is C19H21N3O3. The first-order chi connectivity index (χ1) is 11.9. The van der Waals surface area contributed by atoms with Crippen LogP contribution in [0.2, 0.25) is 0 Å². The van der Waals surface area contributed by atoms with E-state index in [4.69, 9.17) is 0 Å². The first-order valence-corrected chi connectivity index (χ1v) is 7.83. The van der Waals surface area contributed by atoms with Gasteiger partial charge in [-0.15, -0.1) is 0 Å². The molecule has 0 aromatic heterocycles. The van der Waals surface area contributed by atoms with E-state index in [1.54, 1.807) is 50.5 Å². The number of hydrogen-bond donors (Lipinski definition) is 2. The maximum Gasteiger partial charge on any atom is 0.253 e. The van der Waals surface area contributed by atoms with Gasteiger partial charge < -0.3 is 15.5 Å². The number of carbonyl (C=O) groups excluding carboxylic acids is 3. The second kappa shape index (κ2) is 8.10. The van der Waals surface area contributed by atoms with Crippen molar-refractivity contribution in [3.8, 4) is 0 Å². The van der Waals surface area contributed by atoms with Gasteiger partial charge in [-0.3, -0.25) is 14.4 Å². The van der Waals surface area contributed by atoms with Gasteiger partial charge in [0.25, 0.3) is 11.8 Å². The van der Waals surface area contributed by atoms with Gasteiger partial charge in [-0.05, 0) is 35.9 Å². The molecule has 0 aliphatic rings. The molecule has 2 N–H and O–H groups in total. The molecule has 0 atom stereocenters. The molecule has 0 fully saturated rings. The summed E-state index contributed by atoms with van der Waals surface area (Å²) in [6.07, 6.45) is 0. The van der Waals surface area contributed by atoms with E-state index < -0.39 is 0 Å². The molecule has 3 amide bonds. The number of nitrogens with zero attached hydrogens (tertiary/aromatic N) is 1. The maximum absolute atomic E-state index is 12.2. The molecule has 0 saturated heterocycles. The molecule has 0 bridgehead atoms. The van der Waals surface area contributed by atoms with Crippen LogP contribution in [-0.2, 0) is 11.3 Å². The number of rotatable bonds is 5. The molecule has 0 aliphatic heterocycles. The second-order valence-corrected chi connectivity index (χ2v) is 5.84. The van der Waals surface area contributed by atoms with Crippen molar-refractivity contribution in [2.24, 2.45) is 0 Å². The molecule has 0 radical (unpaired) electrons. The van der Waals surface area contributed by atoms with Crippen molar-refractivity contribution >= 4 is 23.4 Å². The predicted molar refractivity (Wildman–Crippen MR) is 96.4 cm³/mol. The summed E-state index contributed by atoms with van der Waals surface area (Å²) in [5.41, 5.74) is 2.53. The van der Waals surface area contributed by atoms with Gasteiger partial charge in [-0.25, -0.2) is 0 Å². The van der Waals surface area contributed by atoms with Crippen LogP contribution in [0, 0.1) is 0 Å². The SMILES string of the molecule is CC(=O)Nc1cccc(C(=O)NCc2ccc(C(=O)N(C)C)cc2)c1. The molecule has 130 valence electrons. The van der Waals surface area contributed by atoms with E-state index in [1.807, 2.05) is 12.1 Å². The second-order valence-electron chi connectivity index (χ2n) is 5.84. The molecule has 0 saturated carbocycles. The highest BCUT2D eigenvalue weighted by molar-refractivity contribution is 5.97. The number of anilines is 1. The Morgan fingerprint density at radius 3 is 2.24 bits per heavy atom. The van der Waals surface area contributed by atoms with Crippen LogP contribution in [-0.4, -0.2) is 36.7 Å². The lowest BCUT2D eigenvalue weighted by molar-refractivity contribution is -0.114. The summed E-state index contributed by atoms with van der Waals surface area (Å²) >= 11 is 0. The van der Waals surface area contributed by atoms with Crippen LogP contribution in [0.1, 0.15) is 33.2 Å². The van der Waals surface area contributed by atoms with Gasteiger partial charge in [0, 0.05) is 44.4 Å².